The van der Waals surface area contributed by atoms with Crippen molar-refractivity contribution in [2.75, 3.05) is 18.5 Å². The first-order valence-electron chi connectivity index (χ1n) is 8.22. The number of hydrogen-bond acceptors (Lipinski definition) is 6. The fourth-order valence-corrected chi connectivity index (χ4v) is 2.96. The minimum Gasteiger partial charge on any atom is -0.391 e. The molecule has 1 atom stereocenters. The molecule has 1 amide bonds. The standard InChI is InChI=1S/C18H17ClF2N4O3/c1-10-5-12(19)7-23-15(10)28-17(26)24-13-4-2-3-11(6-13)18(16(20)21)9-27-8-14(22)25-18/h2-7,16H,8-9H2,1H3,(H2,22,25)(H,24,26). The van der Waals surface area contributed by atoms with E-state index in [-0.39, 0.29) is 36.2 Å². The maximum absolute atomic E-state index is 13.8. The third-order valence-corrected chi connectivity index (χ3v) is 4.28. The van der Waals surface area contributed by atoms with Gasteiger partial charge in [0.1, 0.15) is 12.4 Å². The van der Waals surface area contributed by atoms with Gasteiger partial charge in [0.2, 0.25) is 5.88 Å². The molecular weight excluding hydrogens is 394 g/mol. The number of anilines is 1. The average Bonchev–Trinajstić information content (AvgIpc) is 2.64. The molecule has 1 aromatic carbocycles. The number of hydrogen-bond donors (Lipinski definition) is 2. The molecule has 10 heteroatoms. The van der Waals surface area contributed by atoms with Crippen LogP contribution in [-0.2, 0) is 10.3 Å². The van der Waals surface area contributed by atoms with E-state index in [0.29, 0.717) is 10.6 Å². The van der Waals surface area contributed by atoms with Crippen LogP contribution in [0.3, 0.4) is 0 Å². The minimum absolute atomic E-state index is 0.00776. The van der Waals surface area contributed by atoms with Crippen molar-refractivity contribution in [1.29, 1.82) is 0 Å². The maximum Gasteiger partial charge on any atom is 0.418 e. The molecule has 0 saturated carbocycles. The Morgan fingerprint density at radius 3 is 2.89 bits per heavy atom. The van der Waals surface area contributed by atoms with E-state index < -0.39 is 18.1 Å². The van der Waals surface area contributed by atoms with Crippen LogP contribution in [0.5, 0.6) is 5.88 Å². The number of carbonyl (C=O) groups excluding carboxylic acids is 1. The molecule has 0 saturated heterocycles. The molecule has 0 radical (unpaired) electrons. The van der Waals surface area contributed by atoms with E-state index in [9.17, 15) is 13.6 Å². The van der Waals surface area contributed by atoms with E-state index in [2.05, 4.69) is 15.3 Å². The first-order chi connectivity index (χ1) is 13.3. The summed E-state index contributed by atoms with van der Waals surface area (Å²) >= 11 is 5.81. The zero-order valence-electron chi connectivity index (χ0n) is 14.8. The number of amidine groups is 1. The Balaban J connectivity index is 1.81. The van der Waals surface area contributed by atoms with Crippen molar-refractivity contribution in [3.63, 3.8) is 0 Å². The van der Waals surface area contributed by atoms with Crippen LogP contribution in [0.1, 0.15) is 11.1 Å². The third-order valence-electron chi connectivity index (χ3n) is 4.07. The second-order valence-corrected chi connectivity index (χ2v) is 6.63. The lowest BCUT2D eigenvalue weighted by Gasteiger charge is -2.33. The molecular formula is C18H17ClF2N4O3. The highest BCUT2D eigenvalue weighted by Crippen LogP contribution is 2.36. The van der Waals surface area contributed by atoms with Crippen LogP contribution in [0.4, 0.5) is 19.3 Å². The smallest absolute Gasteiger partial charge is 0.391 e. The number of nitrogens with zero attached hydrogens (tertiary/aromatic N) is 2. The topological polar surface area (TPSA) is 98.8 Å². The first kappa shape index (κ1) is 20.0. The van der Waals surface area contributed by atoms with E-state index in [1.807, 2.05) is 0 Å². The van der Waals surface area contributed by atoms with Gasteiger partial charge in [0.05, 0.1) is 11.6 Å². The Kier molecular flexibility index (Phi) is 5.76. The average molecular weight is 411 g/mol. The molecule has 28 heavy (non-hydrogen) atoms. The van der Waals surface area contributed by atoms with Crippen LogP contribution in [0.25, 0.3) is 0 Å². The van der Waals surface area contributed by atoms with Crippen LogP contribution in [-0.4, -0.2) is 36.6 Å². The van der Waals surface area contributed by atoms with Crippen molar-refractivity contribution in [3.05, 3.63) is 52.7 Å². The fraction of sp³-hybridized carbons (Fsp3) is 0.278. The van der Waals surface area contributed by atoms with Gasteiger partial charge in [-0.1, -0.05) is 23.7 Å². The number of ether oxygens (including phenoxy) is 2. The fourth-order valence-electron chi connectivity index (χ4n) is 2.75. The van der Waals surface area contributed by atoms with Gasteiger partial charge in [-0.05, 0) is 30.7 Å². The summed E-state index contributed by atoms with van der Waals surface area (Å²) in [6.07, 6.45) is -2.34. The number of carbonyl (C=O) groups is 1. The quantitative estimate of drug-likeness (QED) is 0.803. The molecule has 0 bridgehead atoms. The van der Waals surface area contributed by atoms with Gasteiger partial charge in [0.15, 0.2) is 5.54 Å². The summed E-state index contributed by atoms with van der Waals surface area (Å²) in [7, 11) is 0. The number of nitrogens with one attached hydrogen (secondary N) is 1. The molecule has 3 N–H and O–H groups in total. The second kappa shape index (κ2) is 8.07. The summed E-state index contributed by atoms with van der Waals surface area (Å²) in [4.78, 5) is 20.0. The Morgan fingerprint density at radius 1 is 1.43 bits per heavy atom. The molecule has 0 aliphatic carbocycles. The SMILES string of the molecule is Cc1cc(Cl)cnc1OC(=O)Nc1cccc(C2(C(F)F)COCC(N)=N2)c1. The number of aryl methyl sites for hydroxylation is 1. The number of halogens is 3. The van der Waals surface area contributed by atoms with Crippen molar-refractivity contribution >= 4 is 29.2 Å². The number of benzene rings is 1. The summed E-state index contributed by atoms with van der Waals surface area (Å²) in [6.45, 7) is 1.35. The summed E-state index contributed by atoms with van der Waals surface area (Å²) in [5.74, 6) is 0.0637. The largest absolute Gasteiger partial charge is 0.418 e. The highest BCUT2D eigenvalue weighted by atomic mass is 35.5. The molecule has 1 aromatic heterocycles. The molecule has 1 aliphatic heterocycles. The maximum atomic E-state index is 13.8. The van der Waals surface area contributed by atoms with Crippen molar-refractivity contribution < 1.29 is 23.0 Å². The Labute approximate surface area is 164 Å². The summed E-state index contributed by atoms with van der Waals surface area (Å²) < 4.78 is 37.9. The predicted molar refractivity (Wildman–Crippen MR) is 100 cm³/mol. The monoisotopic (exact) mass is 410 g/mol. The molecule has 2 aromatic rings. The van der Waals surface area contributed by atoms with E-state index in [0.717, 1.165) is 0 Å². The van der Waals surface area contributed by atoms with E-state index in [1.165, 1.54) is 30.5 Å². The summed E-state index contributed by atoms with van der Waals surface area (Å²) in [5, 5.41) is 2.89. The Bertz CT molecular complexity index is 925. The van der Waals surface area contributed by atoms with Crippen molar-refractivity contribution in [2.45, 2.75) is 18.9 Å². The molecule has 2 heterocycles. The number of rotatable bonds is 4. The molecule has 1 aliphatic rings. The molecule has 148 valence electrons. The van der Waals surface area contributed by atoms with Crippen LogP contribution < -0.4 is 15.8 Å². The van der Waals surface area contributed by atoms with Gasteiger partial charge in [-0.3, -0.25) is 10.3 Å². The van der Waals surface area contributed by atoms with Crippen molar-refractivity contribution in [3.8, 4) is 5.88 Å². The highest BCUT2D eigenvalue weighted by Gasteiger charge is 2.44. The van der Waals surface area contributed by atoms with E-state index >= 15 is 0 Å². The number of pyridine rings is 1. The first-order valence-corrected chi connectivity index (χ1v) is 8.59. The number of amides is 1. The number of nitrogens with two attached hydrogens (primary N) is 1. The van der Waals surface area contributed by atoms with Crippen molar-refractivity contribution in [1.82, 2.24) is 4.98 Å². The zero-order chi connectivity index (χ0) is 20.3. The summed E-state index contributed by atoms with van der Waals surface area (Å²) in [6, 6.07) is 7.49. The van der Waals surface area contributed by atoms with Gasteiger partial charge >= 0.3 is 6.09 Å². The van der Waals surface area contributed by atoms with E-state index in [4.69, 9.17) is 26.8 Å². The number of alkyl halides is 2. The molecule has 0 fully saturated rings. The predicted octanol–water partition coefficient (Wildman–Crippen LogP) is 3.50. The van der Waals surface area contributed by atoms with Gasteiger partial charge in [-0.2, -0.15) is 0 Å². The normalized spacial score (nSPS) is 19.2. The lowest BCUT2D eigenvalue weighted by atomic mass is 9.90. The van der Waals surface area contributed by atoms with Gasteiger partial charge in [-0.15, -0.1) is 0 Å². The highest BCUT2D eigenvalue weighted by molar-refractivity contribution is 6.30. The minimum atomic E-state index is -2.85. The van der Waals surface area contributed by atoms with Crippen LogP contribution in [0.15, 0.2) is 41.5 Å². The lowest BCUT2D eigenvalue weighted by molar-refractivity contribution is -0.0129. The number of aromatic nitrogens is 1. The molecule has 7 nitrogen and oxygen atoms in total. The lowest BCUT2D eigenvalue weighted by Crippen LogP contribution is -2.44. The summed E-state index contributed by atoms with van der Waals surface area (Å²) in [5.41, 5.74) is 4.64. The molecule has 1 unspecified atom stereocenters. The zero-order valence-corrected chi connectivity index (χ0v) is 15.5. The van der Waals surface area contributed by atoms with Crippen molar-refractivity contribution in [2.24, 2.45) is 10.7 Å². The van der Waals surface area contributed by atoms with Gasteiger partial charge < -0.3 is 15.2 Å². The van der Waals surface area contributed by atoms with Gasteiger partial charge in [0, 0.05) is 17.4 Å². The van der Waals surface area contributed by atoms with E-state index in [1.54, 1.807) is 13.0 Å². The van der Waals surface area contributed by atoms with Crippen LogP contribution >= 0.6 is 11.6 Å². The third kappa shape index (κ3) is 4.20. The second-order valence-electron chi connectivity index (χ2n) is 6.19. The van der Waals surface area contributed by atoms with Gasteiger partial charge in [-0.25, -0.2) is 18.6 Å². The molecule has 0 spiro atoms. The van der Waals surface area contributed by atoms with Gasteiger partial charge in [0.25, 0.3) is 6.43 Å². The number of aliphatic imine (C=N–C) groups is 1. The Hall–Kier alpha value is -2.78. The van der Waals surface area contributed by atoms with Crippen LogP contribution in [0.2, 0.25) is 5.02 Å². The molecule has 3 rings (SSSR count). The van der Waals surface area contributed by atoms with Crippen LogP contribution in [0, 0.1) is 6.92 Å². The Morgan fingerprint density at radius 2 is 2.21 bits per heavy atom.